The highest BCUT2D eigenvalue weighted by Gasteiger charge is 2.43. The van der Waals surface area contributed by atoms with Gasteiger partial charge in [-0.05, 0) is 41.5 Å². The standard InChI is InChI=1S/C16H15BrO/c17-13-8-6-11(7-9-13)14-10-15(14)16(18)12-4-2-1-3-5-12/h1-9,14-16,18H,10H2. The Balaban J connectivity index is 1.72. The molecule has 3 rings (SSSR count). The Hall–Kier alpha value is -1.12. The Morgan fingerprint density at radius 2 is 1.67 bits per heavy atom. The third kappa shape index (κ3) is 2.36. The molecule has 1 N–H and O–H groups in total. The summed E-state index contributed by atoms with van der Waals surface area (Å²) in [6.45, 7) is 0. The molecule has 0 aliphatic heterocycles. The molecule has 18 heavy (non-hydrogen) atoms. The Kier molecular flexibility index (Phi) is 3.23. The normalized spacial score (nSPS) is 23.7. The summed E-state index contributed by atoms with van der Waals surface area (Å²) in [5, 5.41) is 10.3. The van der Waals surface area contributed by atoms with Crippen molar-refractivity contribution in [1.82, 2.24) is 0 Å². The van der Waals surface area contributed by atoms with Crippen LogP contribution in [0.5, 0.6) is 0 Å². The number of aliphatic hydroxyl groups is 1. The van der Waals surface area contributed by atoms with Crippen molar-refractivity contribution in [3.8, 4) is 0 Å². The summed E-state index contributed by atoms with van der Waals surface area (Å²) in [6, 6.07) is 18.4. The van der Waals surface area contributed by atoms with Gasteiger partial charge in [0.2, 0.25) is 0 Å². The van der Waals surface area contributed by atoms with E-state index >= 15 is 0 Å². The third-order valence-electron chi connectivity index (χ3n) is 3.68. The van der Waals surface area contributed by atoms with Crippen LogP contribution < -0.4 is 0 Å². The number of rotatable bonds is 3. The first-order chi connectivity index (χ1) is 8.75. The average molecular weight is 303 g/mol. The minimum atomic E-state index is -0.333. The average Bonchev–Trinajstić information content (AvgIpc) is 3.20. The maximum atomic E-state index is 10.3. The zero-order valence-corrected chi connectivity index (χ0v) is 11.5. The zero-order valence-electron chi connectivity index (χ0n) is 9.96. The van der Waals surface area contributed by atoms with Crippen molar-refractivity contribution >= 4 is 15.9 Å². The van der Waals surface area contributed by atoms with Crippen LogP contribution in [0.1, 0.15) is 29.6 Å². The second-order valence-corrected chi connectivity index (χ2v) is 5.83. The lowest BCUT2D eigenvalue weighted by atomic mass is 10.0. The summed E-state index contributed by atoms with van der Waals surface area (Å²) >= 11 is 3.45. The Labute approximate surface area is 116 Å². The van der Waals surface area contributed by atoms with Crippen LogP contribution in [0, 0.1) is 5.92 Å². The molecular formula is C16H15BrO. The van der Waals surface area contributed by atoms with Gasteiger partial charge >= 0.3 is 0 Å². The fourth-order valence-corrected chi connectivity index (χ4v) is 2.82. The molecule has 3 unspecified atom stereocenters. The first-order valence-corrected chi connectivity index (χ1v) is 7.03. The molecule has 92 valence electrons. The lowest BCUT2D eigenvalue weighted by molar-refractivity contribution is 0.151. The van der Waals surface area contributed by atoms with Crippen LogP contribution in [0.3, 0.4) is 0 Å². The van der Waals surface area contributed by atoms with Gasteiger partial charge in [0.1, 0.15) is 0 Å². The van der Waals surface area contributed by atoms with Gasteiger partial charge in [0.05, 0.1) is 6.10 Å². The highest BCUT2D eigenvalue weighted by atomic mass is 79.9. The van der Waals surface area contributed by atoms with E-state index in [-0.39, 0.29) is 6.10 Å². The summed E-state index contributed by atoms with van der Waals surface area (Å²) in [5.41, 5.74) is 2.36. The van der Waals surface area contributed by atoms with E-state index in [2.05, 4.69) is 40.2 Å². The molecule has 1 aliphatic rings. The van der Waals surface area contributed by atoms with Gasteiger partial charge in [-0.15, -0.1) is 0 Å². The quantitative estimate of drug-likeness (QED) is 0.897. The second kappa shape index (κ2) is 4.87. The van der Waals surface area contributed by atoms with Crippen molar-refractivity contribution in [2.75, 3.05) is 0 Å². The van der Waals surface area contributed by atoms with E-state index in [1.165, 1.54) is 5.56 Å². The van der Waals surface area contributed by atoms with E-state index in [1.807, 2.05) is 30.3 Å². The maximum Gasteiger partial charge on any atom is 0.0824 e. The van der Waals surface area contributed by atoms with Crippen LogP contribution in [-0.2, 0) is 0 Å². The molecule has 2 heteroatoms. The first kappa shape index (κ1) is 11.9. The van der Waals surface area contributed by atoms with Crippen LogP contribution in [-0.4, -0.2) is 5.11 Å². The summed E-state index contributed by atoms with van der Waals surface area (Å²) < 4.78 is 1.10. The molecule has 1 fully saturated rings. The fourth-order valence-electron chi connectivity index (χ4n) is 2.55. The van der Waals surface area contributed by atoms with Gasteiger partial charge in [-0.2, -0.15) is 0 Å². The highest BCUT2D eigenvalue weighted by molar-refractivity contribution is 9.10. The molecule has 1 nitrogen and oxygen atoms in total. The predicted molar refractivity (Wildman–Crippen MR) is 76.4 cm³/mol. The molecule has 0 amide bonds. The van der Waals surface area contributed by atoms with Crippen LogP contribution in [0.2, 0.25) is 0 Å². The number of benzene rings is 2. The van der Waals surface area contributed by atoms with E-state index in [9.17, 15) is 5.11 Å². The molecule has 0 bridgehead atoms. The lowest BCUT2D eigenvalue weighted by Gasteiger charge is -2.10. The van der Waals surface area contributed by atoms with E-state index in [4.69, 9.17) is 0 Å². The molecule has 1 saturated carbocycles. The number of aliphatic hydroxyl groups excluding tert-OH is 1. The molecule has 1 aliphatic carbocycles. The van der Waals surface area contributed by atoms with Crippen molar-refractivity contribution in [3.05, 3.63) is 70.2 Å². The smallest absolute Gasteiger partial charge is 0.0824 e. The molecular weight excluding hydrogens is 288 g/mol. The predicted octanol–water partition coefficient (Wildman–Crippen LogP) is 4.29. The van der Waals surface area contributed by atoms with Crippen molar-refractivity contribution < 1.29 is 5.11 Å². The van der Waals surface area contributed by atoms with Crippen LogP contribution in [0.15, 0.2) is 59.1 Å². The fraction of sp³-hybridized carbons (Fsp3) is 0.250. The molecule has 3 atom stereocenters. The van der Waals surface area contributed by atoms with Crippen molar-refractivity contribution in [3.63, 3.8) is 0 Å². The largest absolute Gasteiger partial charge is 0.388 e. The number of hydrogen-bond donors (Lipinski definition) is 1. The monoisotopic (exact) mass is 302 g/mol. The Morgan fingerprint density at radius 3 is 2.33 bits per heavy atom. The highest BCUT2D eigenvalue weighted by Crippen LogP contribution is 2.54. The van der Waals surface area contributed by atoms with E-state index < -0.39 is 0 Å². The molecule has 0 radical (unpaired) electrons. The minimum absolute atomic E-state index is 0.333. The summed E-state index contributed by atoms with van der Waals surface area (Å²) in [7, 11) is 0. The first-order valence-electron chi connectivity index (χ1n) is 6.24. The van der Waals surface area contributed by atoms with Crippen molar-refractivity contribution in [1.29, 1.82) is 0 Å². The third-order valence-corrected chi connectivity index (χ3v) is 4.21. The summed E-state index contributed by atoms with van der Waals surface area (Å²) in [6.07, 6.45) is 0.748. The van der Waals surface area contributed by atoms with Gasteiger partial charge in [0.15, 0.2) is 0 Å². The molecule has 2 aromatic carbocycles. The van der Waals surface area contributed by atoms with Crippen LogP contribution in [0.25, 0.3) is 0 Å². The Morgan fingerprint density at radius 1 is 1.00 bits per heavy atom. The number of hydrogen-bond acceptors (Lipinski definition) is 1. The second-order valence-electron chi connectivity index (χ2n) is 4.91. The topological polar surface area (TPSA) is 20.2 Å². The SMILES string of the molecule is OC(c1ccccc1)C1CC1c1ccc(Br)cc1. The van der Waals surface area contributed by atoms with Crippen LogP contribution >= 0.6 is 15.9 Å². The van der Waals surface area contributed by atoms with Gasteiger partial charge < -0.3 is 5.11 Å². The summed E-state index contributed by atoms with van der Waals surface area (Å²) in [5.74, 6) is 0.877. The van der Waals surface area contributed by atoms with Crippen molar-refractivity contribution in [2.24, 2.45) is 5.92 Å². The van der Waals surface area contributed by atoms with Gasteiger partial charge in [-0.25, -0.2) is 0 Å². The van der Waals surface area contributed by atoms with Gasteiger partial charge in [0.25, 0.3) is 0 Å². The molecule has 0 spiro atoms. The molecule has 0 aromatic heterocycles. The molecule has 0 saturated heterocycles. The van der Waals surface area contributed by atoms with Crippen molar-refractivity contribution in [2.45, 2.75) is 18.4 Å². The van der Waals surface area contributed by atoms with E-state index in [0.29, 0.717) is 11.8 Å². The minimum Gasteiger partial charge on any atom is -0.388 e. The van der Waals surface area contributed by atoms with Gasteiger partial charge in [-0.3, -0.25) is 0 Å². The lowest BCUT2D eigenvalue weighted by Crippen LogP contribution is -2.00. The summed E-state index contributed by atoms with van der Waals surface area (Å²) in [4.78, 5) is 0. The van der Waals surface area contributed by atoms with E-state index in [0.717, 1.165) is 16.5 Å². The van der Waals surface area contributed by atoms with E-state index in [1.54, 1.807) is 0 Å². The number of halogens is 1. The Bertz CT molecular complexity index is 521. The molecule has 0 heterocycles. The maximum absolute atomic E-state index is 10.3. The van der Waals surface area contributed by atoms with Gasteiger partial charge in [-0.1, -0.05) is 58.4 Å². The zero-order chi connectivity index (χ0) is 12.5. The molecule has 2 aromatic rings. The van der Waals surface area contributed by atoms with Crippen LogP contribution in [0.4, 0.5) is 0 Å². The van der Waals surface area contributed by atoms with Gasteiger partial charge in [0, 0.05) is 4.47 Å².